The predicted molar refractivity (Wildman–Crippen MR) is 100 cm³/mol. The molecule has 0 aliphatic heterocycles. The number of ether oxygens (including phenoxy) is 1. The van der Waals surface area contributed by atoms with Gasteiger partial charge in [0.05, 0.1) is 28.9 Å². The number of nitrogens with zero attached hydrogens (tertiary/aromatic N) is 2. The zero-order chi connectivity index (χ0) is 18.2. The van der Waals surface area contributed by atoms with E-state index in [4.69, 9.17) is 15.3 Å². The first-order valence-electron chi connectivity index (χ1n) is 7.60. The zero-order valence-electron chi connectivity index (χ0n) is 13.8. The molecule has 0 aliphatic carbocycles. The lowest BCUT2D eigenvalue weighted by molar-refractivity contribution is -0.127. The Bertz CT molecular complexity index is 631. The predicted octanol–water partition coefficient (Wildman–Crippen LogP) is 5.08. The summed E-state index contributed by atoms with van der Waals surface area (Å²) in [7, 11) is 1.59. The van der Waals surface area contributed by atoms with Crippen molar-refractivity contribution >= 4 is 37.6 Å². The van der Waals surface area contributed by atoms with E-state index in [1.807, 2.05) is 31.2 Å². The lowest BCUT2D eigenvalue weighted by atomic mass is 9.75. The molecule has 0 heterocycles. The summed E-state index contributed by atoms with van der Waals surface area (Å²) in [6.45, 7) is 1.83. The van der Waals surface area contributed by atoms with Gasteiger partial charge in [-0.05, 0) is 18.9 Å². The molecule has 0 saturated heterocycles. The van der Waals surface area contributed by atoms with Gasteiger partial charge in [0.25, 0.3) is 0 Å². The first-order chi connectivity index (χ1) is 11.4. The van der Waals surface area contributed by atoms with Crippen molar-refractivity contribution in [2.24, 2.45) is 5.41 Å². The number of methoxy groups -OCH3 is 1. The molecule has 0 aliphatic rings. The molecule has 128 valence electrons. The van der Waals surface area contributed by atoms with Gasteiger partial charge < -0.3 is 4.74 Å². The maximum Gasteiger partial charge on any atom is 0.153 e. The van der Waals surface area contributed by atoms with Crippen molar-refractivity contribution in [3.05, 3.63) is 29.8 Å². The van der Waals surface area contributed by atoms with Crippen molar-refractivity contribution in [1.82, 2.24) is 0 Å². The Kier molecular flexibility index (Phi) is 8.45. The van der Waals surface area contributed by atoms with Gasteiger partial charge in [-0.25, -0.2) is 0 Å². The SMILES string of the molecule is COc1ccccc1C(Br)C(Br)C(=O)C(C)(CCC#N)CCC#N. The molecule has 1 aromatic rings. The number of Topliss-reactive ketones (excluding diaryl/α,β-unsaturated/α-hetero) is 1. The fourth-order valence-electron chi connectivity index (χ4n) is 2.55. The highest BCUT2D eigenvalue weighted by atomic mass is 79.9. The standard InChI is InChI=1S/C18H20Br2N2O2/c1-18(9-5-11-21,10-6-12-22)17(23)16(20)15(19)13-7-3-4-8-14(13)24-2/h3-4,7-8,15-16H,5-6,9-10H2,1-2H3. The summed E-state index contributed by atoms with van der Waals surface area (Å²) >= 11 is 7.11. The molecule has 0 amide bonds. The number of nitriles is 2. The van der Waals surface area contributed by atoms with E-state index in [0.29, 0.717) is 18.6 Å². The van der Waals surface area contributed by atoms with E-state index in [-0.39, 0.29) is 23.5 Å². The average molecular weight is 456 g/mol. The van der Waals surface area contributed by atoms with Gasteiger partial charge in [0.15, 0.2) is 5.78 Å². The van der Waals surface area contributed by atoms with Crippen LogP contribution in [0.3, 0.4) is 0 Å². The molecule has 0 N–H and O–H groups in total. The molecule has 24 heavy (non-hydrogen) atoms. The number of halogens is 2. The number of carbonyl (C=O) groups is 1. The Morgan fingerprint density at radius 2 is 1.75 bits per heavy atom. The highest BCUT2D eigenvalue weighted by Gasteiger charge is 2.39. The summed E-state index contributed by atoms with van der Waals surface area (Å²) in [6, 6.07) is 11.7. The van der Waals surface area contributed by atoms with Crippen LogP contribution in [-0.2, 0) is 4.79 Å². The summed E-state index contributed by atoms with van der Waals surface area (Å²) in [4.78, 5) is 12.3. The molecule has 4 nitrogen and oxygen atoms in total. The normalized spacial score (nSPS) is 13.4. The smallest absolute Gasteiger partial charge is 0.153 e. The van der Waals surface area contributed by atoms with Crippen LogP contribution in [0.25, 0.3) is 0 Å². The summed E-state index contributed by atoms with van der Waals surface area (Å²) in [6.07, 6.45) is 1.46. The van der Waals surface area contributed by atoms with E-state index in [1.165, 1.54) is 0 Å². The Morgan fingerprint density at radius 3 is 2.25 bits per heavy atom. The second-order valence-corrected chi connectivity index (χ2v) is 7.76. The number of carbonyl (C=O) groups excluding carboxylic acids is 1. The molecule has 2 unspecified atom stereocenters. The first kappa shape index (κ1) is 20.7. The number of alkyl halides is 2. The molecule has 0 saturated carbocycles. The Morgan fingerprint density at radius 1 is 1.21 bits per heavy atom. The number of benzene rings is 1. The van der Waals surface area contributed by atoms with E-state index >= 15 is 0 Å². The summed E-state index contributed by atoms with van der Waals surface area (Å²) < 4.78 is 5.36. The van der Waals surface area contributed by atoms with Crippen LogP contribution in [0.2, 0.25) is 0 Å². The monoisotopic (exact) mass is 454 g/mol. The quantitative estimate of drug-likeness (QED) is 0.486. The molecule has 0 bridgehead atoms. The van der Waals surface area contributed by atoms with Crippen molar-refractivity contribution in [1.29, 1.82) is 10.5 Å². The first-order valence-corrected chi connectivity index (χ1v) is 9.43. The molecule has 0 fully saturated rings. The minimum atomic E-state index is -0.715. The fourth-order valence-corrected chi connectivity index (χ4v) is 4.01. The van der Waals surface area contributed by atoms with Crippen LogP contribution in [0.5, 0.6) is 5.75 Å². The topological polar surface area (TPSA) is 73.9 Å². The molecule has 1 aromatic carbocycles. The van der Waals surface area contributed by atoms with Crippen molar-refractivity contribution in [3.8, 4) is 17.9 Å². The second-order valence-electron chi connectivity index (χ2n) is 5.79. The van der Waals surface area contributed by atoms with Crippen LogP contribution in [0, 0.1) is 28.1 Å². The highest BCUT2D eigenvalue weighted by Crippen LogP contribution is 2.42. The maximum atomic E-state index is 13.1. The van der Waals surface area contributed by atoms with Gasteiger partial charge in [0, 0.05) is 23.8 Å². The van der Waals surface area contributed by atoms with Crippen LogP contribution in [-0.4, -0.2) is 17.7 Å². The number of para-hydroxylation sites is 1. The van der Waals surface area contributed by atoms with Crippen LogP contribution >= 0.6 is 31.9 Å². The molecular formula is C18H20Br2N2O2. The number of hydrogen-bond donors (Lipinski definition) is 0. The van der Waals surface area contributed by atoms with Crippen molar-refractivity contribution in [3.63, 3.8) is 0 Å². The van der Waals surface area contributed by atoms with Crippen molar-refractivity contribution < 1.29 is 9.53 Å². The van der Waals surface area contributed by atoms with Gasteiger partial charge >= 0.3 is 0 Å². The molecule has 1 rings (SSSR count). The lowest BCUT2D eigenvalue weighted by Gasteiger charge is -2.31. The summed E-state index contributed by atoms with van der Waals surface area (Å²) in [5, 5.41) is 17.7. The summed E-state index contributed by atoms with van der Waals surface area (Å²) in [5.41, 5.74) is 0.159. The van der Waals surface area contributed by atoms with E-state index < -0.39 is 10.2 Å². The lowest BCUT2D eigenvalue weighted by Crippen LogP contribution is -2.36. The summed E-state index contributed by atoms with van der Waals surface area (Å²) in [5.74, 6) is 0.688. The van der Waals surface area contributed by atoms with E-state index in [2.05, 4.69) is 44.0 Å². The molecule has 0 aromatic heterocycles. The Labute approximate surface area is 160 Å². The maximum absolute atomic E-state index is 13.1. The molecule has 6 heteroatoms. The van der Waals surface area contributed by atoms with Gasteiger partial charge in [0.2, 0.25) is 0 Å². The number of ketones is 1. The van der Waals surface area contributed by atoms with Gasteiger partial charge in [-0.3, -0.25) is 4.79 Å². The van der Waals surface area contributed by atoms with Crippen LogP contribution in [0.1, 0.15) is 43.0 Å². The molecule has 0 radical (unpaired) electrons. The Balaban J connectivity index is 3.05. The van der Waals surface area contributed by atoms with Crippen LogP contribution in [0.15, 0.2) is 24.3 Å². The Hall–Kier alpha value is -1.37. The van der Waals surface area contributed by atoms with Crippen molar-refractivity contribution in [2.75, 3.05) is 7.11 Å². The number of rotatable bonds is 9. The van der Waals surface area contributed by atoms with Crippen LogP contribution in [0.4, 0.5) is 0 Å². The van der Waals surface area contributed by atoms with E-state index in [0.717, 1.165) is 5.56 Å². The fraction of sp³-hybridized carbons (Fsp3) is 0.500. The second kappa shape index (κ2) is 9.81. The van der Waals surface area contributed by atoms with Crippen LogP contribution < -0.4 is 4.74 Å². The third-order valence-corrected chi connectivity index (χ3v) is 6.79. The third kappa shape index (κ3) is 5.06. The minimum Gasteiger partial charge on any atom is -0.496 e. The van der Waals surface area contributed by atoms with Gasteiger partial charge in [0.1, 0.15) is 5.75 Å². The van der Waals surface area contributed by atoms with Gasteiger partial charge in [-0.2, -0.15) is 10.5 Å². The highest BCUT2D eigenvalue weighted by molar-refractivity contribution is 9.12. The third-order valence-electron chi connectivity index (χ3n) is 4.12. The largest absolute Gasteiger partial charge is 0.496 e. The molecular weight excluding hydrogens is 436 g/mol. The average Bonchev–Trinajstić information content (AvgIpc) is 2.62. The zero-order valence-corrected chi connectivity index (χ0v) is 16.9. The van der Waals surface area contributed by atoms with E-state index in [1.54, 1.807) is 7.11 Å². The number of hydrogen-bond acceptors (Lipinski definition) is 4. The minimum absolute atomic E-state index is 0.0132. The van der Waals surface area contributed by atoms with Gasteiger partial charge in [-0.1, -0.05) is 57.0 Å². The van der Waals surface area contributed by atoms with Crippen molar-refractivity contribution in [2.45, 2.75) is 42.3 Å². The van der Waals surface area contributed by atoms with E-state index in [9.17, 15) is 4.79 Å². The van der Waals surface area contributed by atoms with Gasteiger partial charge in [-0.15, -0.1) is 0 Å². The molecule has 2 atom stereocenters. The molecule has 0 spiro atoms.